The standard InChI is InChI=1S/C16H24N2O2/c1-3-5-6-14(17-4-2)12-7-8-15-13(11-12)16(19)18-9-10-20-15/h7-8,11,14,17H,3-6,9-10H2,1-2H3,(H,18,19). The minimum atomic E-state index is -0.0370. The van der Waals surface area contributed by atoms with Crippen LogP contribution < -0.4 is 15.4 Å². The van der Waals surface area contributed by atoms with E-state index in [0.29, 0.717) is 30.5 Å². The maximum Gasteiger partial charge on any atom is 0.255 e. The van der Waals surface area contributed by atoms with Crippen LogP contribution in [0.3, 0.4) is 0 Å². The molecule has 0 aromatic heterocycles. The molecule has 4 heteroatoms. The number of rotatable bonds is 6. The van der Waals surface area contributed by atoms with E-state index in [1.54, 1.807) is 0 Å². The Morgan fingerprint density at radius 3 is 3.00 bits per heavy atom. The summed E-state index contributed by atoms with van der Waals surface area (Å²) in [5.41, 5.74) is 1.82. The lowest BCUT2D eigenvalue weighted by molar-refractivity contribution is 0.0957. The molecule has 0 spiro atoms. The topological polar surface area (TPSA) is 50.4 Å². The first-order valence-electron chi connectivity index (χ1n) is 7.54. The first-order chi connectivity index (χ1) is 9.76. The van der Waals surface area contributed by atoms with Gasteiger partial charge in [0.2, 0.25) is 0 Å². The number of ether oxygens (including phenoxy) is 1. The third-order valence-corrected chi connectivity index (χ3v) is 3.59. The zero-order valence-electron chi connectivity index (χ0n) is 12.4. The van der Waals surface area contributed by atoms with Crippen LogP contribution in [-0.4, -0.2) is 25.6 Å². The highest BCUT2D eigenvalue weighted by Gasteiger charge is 2.19. The van der Waals surface area contributed by atoms with Crippen molar-refractivity contribution in [1.29, 1.82) is 0 Å². The average Bonchev–Trinajstić information content (AvgIpc) is 2.65. The molecule has 110 valence electrons. The van der Waals surface area contributed by atoms with Gasteiger partial charge in [-0.1, -0.05) is 32.8 Å². The summed E-state index contributed by atoms with van der Waals surface area (Å²) in [6, 6.07) is 6.27. The summed E-state index contributed by atoms with van der Waals surface area (Å²) in [4.78, 5) is 12.0. The van der Waals surface area contributed by atoms with Crippen LogP contribution in [0.5, 0.6) is 5.75 Å². The van der Waals surface area contributed by atoms with Crippen LogP contribution in [0.4, 0.5) is 0 Å². The van der Waals surface area contributed by atoms with Crippen LogP contribution in [-0.2, 0) is 0 Å². The van der Waals surface area contributed by atoms with Crippen molar-refractivity contribution < 1.29 is 9.53 Å². The fourth-order valence-corrected chi connectivity index (χ4v) is 2.53. The zero-order valence-corrected chi connectivity index (χ0v) is 12.4. The Balaban J connectivity index is 2.24. The van der Waals surface area contributed by atoms with Crippen LogP contribution in [0.15, 0.2) is 18.2 Å². The minimum absolute atomic E-state index is 0.0370. The van der Waals surface area contributed by atoms with Crippen molar-refractivity contribution in [3.8, 4) is 5.75 Å². The summed E-state index contributed by atoms with van der Waals surface area (Å²) in [7, 11) is 0. The van der Waals surface area contributed by atoms with E-state index in [-0.39, 0.29) is 5.91 Å². The van der Waals surface area contributed by atoms with Crippen LogP contribution in [0.1, 0.15) is 55.1 Å². The van der Waals surface area contributed by atoms with Gasteiger partial charge < -0.3 is 15.4 Å². The van der Waals surface area contributed by atoms with E-state index in [1.807, 2.05) is 12.1 Å². The minimum Gasteiger partial charge on any atom is -0.491 e. The molecule has 1 aromatic carbocycles. The molecule has 0 bridgehead atoms. The fourth-order valence-electron chi connectivity index (χ4n) is 2.53. The SMILES string of the molecule is CCCCC(NCC)c1ccc2c(c1)C(=O)NCCO2. The first kappa shape index (κ1) is 14.9. The Morgan fingerprint density at radius 2 is 2.25 bits per heavy atom. The molecule has 1 amide bonds. The maximum atomic E-state index is 12.0. The Morgan fingerprint density at radius 1 is 1.40 bits per heavy atom. The number of benzene rings is 1. The maximum absolute atomic E-state index is 12.0. The highest BCUT2D eigenvalue weighted by molar-refractivity contribution is 5.97. The Labute approximate surface area is 120 Å². The van der Waals surface area contributed by atoms with Crippen molar-refractivity contribution in [2.45, 2.75) is 39.2 Å². The van der Waals surface area contributed by atoms with E-state index in [9.17, 15) is 4.79 Å². The second kappa shape index (κ2) is 7.29. The van der Waals surface area contributed by atoms with Crippen molar-refractivity contribution in [2.75, 3.05) is 19.7 Å². The molecule has 1 aromatic rings. The van der Waals surface area contributed by atoms with Crippen LogP contribution in [0.25, 0.3) is 0 Å². The van der Waals surface area contributed by atoms with Gasteiger partial charge in [-0.05, 0) is 30.7 Å². The second-order valence-corrected chi connectivity index (χ2v) is 5.11. The van der Waals surface area contributed by atoms with Gasteiger partial charge in [-0.25, -0.2) is 0 Å². The average molecular weight is 276 g/mol. The van der Waals surface area contributed by atoms with E-state index in [1.165, 1.54) is 18.4 Å². The first-order valence-corrected chi connectivity index (χ1v) is 7.54. The Hall–Kier alpha value is -1.55. The predicted octanol–water partition coefficient (Wildman–Crippen LogP) is 2.65. The molecule has 1 heterocycles. The predicted molar refractivity (Wildman–Crippen MR) is 80.2 cm³/mol. The molecule has 20 heavy (non-hydrogen) atoms. The number of amides is 1. The van der Waals surface area contributed by atoms with Crippen molar-refractivity contribution in [1.82, 2.24) is 10.6 Å². The molecule has 1 aliphatic rings. The number of hydrogen-bond acceptors (Lipinski definition) is 3. The molecule has 1 aliphatic heterocycles. The molecule has 0 saturated carbocycles. The van der Waals surface area contributed by atoms with E-state index in [4.69, 9.17) is 4.74 Å². The van der Waals surface area contributed by atoms with E-state index < -0.39 is 0 Å². The van der Waals surface area contributed by atoms with Gasteiger partial charge in [0.05, 0.1) is 12.1 Å². The van der Waals surface area contributed by atoms with Gasteiger partial charge in [-0.15, -0.1) is 0 Å². The van der Waals surface area contributed by atoms with Gasteiger partial charge >= 0.3 is 0 Å². The van der Waals surface area contributed by atoms with E-state index in [2.05, 4.69) is 30.5 Å². The summed E-state index contributed by atoms with van der Waals surface area (Å²) < 4.78 is 5.59. The number of hydrogen-bond donors (Lipinski definition) is 2. The number of carbonyl (C=O) groups is 1. The van der Waals surface area contributed by atoms with Gasteiger partial charge in [0.1, 0.15) is 12.4 Å². The van der Waals surface area contributed by atoms with Gasteiger partial charge in [0.25, 0.3) is 5.91 Å². The van der Waals surface area contributed by atoms with E-state index >= 15 is 0 Å². The third-order valence-electron chi connectivity index (χ3n) is 3.59. The van der Waals surface area contributed by atoms with Crippen molar-refractivity contribution in [2.24, 2.45) is 0 Å². The second-order valence-electron chi connectivity index (χ2n) is 5.11. The Kier molecular flexibility index (Phi) is 5.41. The molecule has 1 unspecified atom stereocenters. The van der Waals surface area contributed by atoms with Crippen molar-refractivity contribution in [3.63, 3.8) is 0 Å². The fraction of sp³-hybridized carbons (Fsp3) is 0.562. The molecule has 0 saturated heterocycles. The van der Waals surface area contributed by atoms with Crippen molar-refractivity contribution >= 4 is 5.91 Å². The zero-order chi connectivity index (χ0) is 14.4. The number of nitrogens with one attached hydrogen (secondary N) is 2. The molecule has 1 atom stereocenters. The van der Waals surface area contributed by atoms with Gasteiger partial charge in [0.15, 0.2) is 0 Å². The number of carbonyl (C=O) groups excluding carboxylic acids is 1. The van der Waals surface area contributed by atoms with Crippen LogP contribution in [0, 0.1) is 0 Å². The highest BCUT2D eigenvalue weighted by Crippen LogP contribution is 2.27. The molecule has 0 aliphatic carbocycles. The lowest BCUT2D eigenvalue weighted by atomic mass is 9.98. The largest absolute Gasteiger partial charge is 0.491 e. The summed E-state index contributed by atoms with van der Waals surface area (Å²) >= 11 is 0. The molecule has 2 rings (SSSR count). The molecule has 4 nitrogen and oxygen atoms in total. The lowest BCUT2D eigenvalue weighted by Gasteiger charge is -2.19. The number of unbranched alkanes of at least 4 members (excludes halogenated alkanes) is 1. The lowest BCUT2D eigenvalue weighted by Crippen LogP contribution is -2.25. The normalized spacial score (nSPS) is 15.8. The molecule has 0 fully saturated rings. The van der Waals surface area contributed by atoms with E-state index in [0.717, 1.165) is 13.0 Å². The summed E-state index contributed by atoms with van der Waals surface area (Å²) in [6.45, 7) is 6.33. The quantitative estimate of drug-likeness (QED) is 0.840. The molecular weight excluding hydrogens is 252 g/mol. The smallest absolute Gasteiger partial charge is 0.255 e. The van der Waals surface area contributed by atoms with Crippen LogP contribution >= 0.6 is 0 Å². The Bertz CT molecular complexity index is 460. The highest BCUT2D eigenvalue weighted by atomic mass is 16.5. The molecule has 0 radical (unpaired) electrons. The summed E-state index contributed by atoms with van der Waals surface area (Å²) in [5, 5.41) is 6.36. The summed E-state index contributed by atoms with van der Waals surface area (Å²) in [6.07, 6.45) is 3.44. The molecular formula is C16H24N2O2. The summed E-state index contributed by atoms with van der Waals surface area (Å²) in [5.74, 6) is 0.652. The number of fused-ring (bicyclic) bond motifs is 1. The third kappa shape index (κ3) is 3.51. The van der Waals surface area contributed by atoms with Gasteiger partial charge in [-0.2, -0.15) is 0 Å². The van der Waals surface area contributed by atoms with Crippen molar-refractivity contribution in [3.05, 3.63) is 29.3 Å². The monoisotopic (exact) mass is 276 g/mol. The van der Waals surface area contributed by atoms with Gasteiger partial charge in [0, 0.05) is 6.04 Å². The molecule has 2 N–H and O–H groups in total. The van der Waals surface area contributed by atoms with Gasteiger partial charge in [-0.3, -0.25) is 4.79 Å². The van der Waals surface area contributed by atoms with Crippen LogP contribution in [0.2, 0.25) is 0 Å².